The van der Waals surface area contributed by atoms with Crippen molar-refractivity contribution in [3.8, 4) is 0 Å². The van der Waals surface area contributed by atoms with E-state index in [1.165, 1.54) is 6.20 Å². The van der Waals surface area contributed by atoms with Crippen molar-refractivity contribution >= 4 is 0 Å². The minimum atomic E-state index is 0.0372. The van der Waals surface area contributed by atoms with Gasteiger partial charge in [0.2, 0.25) is 0 Å². The molecule has 0 saturated carbocycles. The lowest BCUT2D eigenvalue weighted by molar-refractivity contribution is 0.281. The van der Waals surface area contributed by atoms with Crippen molar-refractivity contribution in [2.45, 2.75) is 20.5 Å². The van der Waals surface area contributed by atoms with Crippen LogP contribution >= 0.6 is 0 Å². The van der Waals surface area contributed by atoms with Crippen LogP contribution in [0.15, 0.2) is 18.5 Å². The molecule has 0 amide bonds. The molecular weight excluding hydrogens is 128 g/mol. The van der Waals surface area contributed by atoms with Crippen LogP contribution in [0.4, 0.5) is 0 Å². The third-order valence-electron chi connectivity index (χ3n) is 0.828. The Morgan fingerprint density at radius 3 is 2.40 bits per heavy atom. The van der Waals surface area contributed by atoms with Gasteiger partial charge in [0.1, 0.15) is 0 Å². The van der Waals surface area contributed by atoms with Crippen LogP contribution < -0.4 is 0 Å². The van der Waals surface area contributed by atoms with Crippen molar-refractivity contribution in [1.29, 1.82) is 0 Å². The fourth-order valence-electron chi connectivity index (χ4n) is 0.412. The molecule has 0 unspecified atom stereocenters. The van der Waals surface area contributed by atoms with E-state index in [1.807, 2.05) is 13.8 Å². The second-order valence-electron chi connectivity index (χ2n) is 1.41. The third kappa shape index (κ3) is 3.14. The second kappa shape index (κ2) is 6.16. The number of aliphatic hydroxyl groups is 1. The van der Waals surface area contributed by atoms with Gasteiger partial charge >= 0.3 is 0 Å². The first-order valence-electron chi connectivity index (χ1n) is 3.30. The minimum Gasteiger partial charge on any atom is -0.392 e. The van der Waals surface area contributed by atoms with Crippen LogP contribution in [0.2, 0.25) is 0 Å². The van der Waals surface area contributed by atoms with Crippen LogP contribution in [0.25, 0.3) is 0 Å². The van der Waals surface area contributed by atoms with Gasteiger partial charge < -0.3 is 5.11 Å². The van der Waals surface area contributed by atoms with Crippen molar-refractivity contribution < 1.29 is 5.11 Å². The van der Waals surface area contributed by atoms with E-state index in [0.29, 0.717) is 0 Å². The van der Waals surface area contributed by atoms with Gasteiger partial charge in [-0.25, -0.2) is 0 Å². The Morgan fingerprint density at radius 2 is 2.10 bits per heavy atom. The lowest BCUT2D eigenvalue weighted by Crippen LogP contribution is -1.84. The normalized spacial score (nSPS) is 7.90. The molecule has 1 heterocycles. The molecule has 0 aliphatic carbocycles. The molecule has 0 saturated heterocycles. The quantitative estimate of drug-likeness (QED) is 0.632. The molecule has 0 atom stereocenters. The van der Waals surface area contributed by atoms with E-state index < -0.39 is 0 Å². The number of rotatable bonds is 1. The Bertz CT molecular complexity index is 153. The van der Waals surface area contributed by atoms with Gasteiger partial charge in [-0.2, -0.15) is 10.2 Å². The van der Waals surface area contributed by atoms with Gasteiger partial charge in [0, 0.05) is 6.20 Å². The highest BCUT2D eigenvalue weighted by Gasteiger charge is 1.83. The molecule has 0 aliphatic rings. The maximum Gasteiger partial charge on any atom is 0.0698 e. The average molecular weight is 140 g/mol. The summed E-state index contributed by atoms with van der Waals surface area (Å²) in [5.41, 5.74) is 0.792. The molecule has 0 aromatic carbocycles. The maximum absolute atomic E-state index is 8.47. The summed E-state index contributed by atoms with van der Waals surface area (Å²) < 4.78 is 0. The molecule has 0 radical (unpaired) electrons. The molecule has 10 heavy (non-hydrogen) atoms. The van der Waals surface area contributed by atoms with Crippen LogP contribution in [0.5, 0.6) is 0 Å². The number of aromatic nitrogens is 2. The Hall–Kier alpha value is -0.960. The Balaban J connectivity index is 0.000000371. The van der Waals surface area contributed by atoms with Crippen molar-refractivity contribution in [3.63, 3.8) is 0 Å². The third-order valence-corrected chi connectivity index (χ3v) is 0.828. The van der Waals surface area contributed by atoms with E-state index in [-0.39, 0.29) is 6.61 Å². The molecule has 1 aromatic heterocycles. The smallest absolute Gasteiger partial charge is 0.0698 e. The zero-order valence-electron chi connectivity index (χ0n) is 6.28. The highest BCUT2D eigenvalue weighted by Crippen LogP contribution is 1.89. The van der Waals surface area contributed by atoms with Crippen molar-refractivity contribution in [1.82, 2.24) is 10.2 Å². The molecule has 0 spiro atoms. The average Bonchev–Trinajstić information content (AvgIpc) is 2.10. The molecule has 0 bridgehead atoms. The summed E-state index contributed by atoms with van der Waals surface area (Å²) in [5.74, 6) is 0. The summed E-state index contributed by atoms with van der Waals surface area (Å²) in [7, 11) is 0. The maximum atomic E-state index is 8.47. The molecule has 0 fully saturated rings. The molecule has 1 aromatic rings. The van der Waals surface area contributed by atoms with E-state index in [1.54, 1.807) is 12.3 Å². The Morgan fingerprint density at radius 1 is 1.40 bits per heavy atom. The molecule has 3 heteroatoms. The van der Waals surface area contributed by atoms with E-state index in [4.69, 9.17) is 5.11 Å². The van der Waals surface area contributed by atoms with Gasteiger partial charge in [0.25, 0.3) is 0 Å². The lowest BCUT2D eigenvalue weighted by Gasteiger charge is -1.87. The zero-order valence-corrected chi connectivity index (χ0v) is 6.28. The standard InChI is InChI=1S/C5H6N2O.C2H6/c8-4-5-1-2-6-7-3-5;1-2/h1-3,8H,4H2;1-2H3. The van der Waals surface area contributed by atoms with E-state index >= 15 is 0 Å². The van der Waals surface area contributed by atoms with Crippen LogP contribution in [0.3, 0.4) is 0 Å². The Labute approximate surface area is 60.7 Å². The topological polar surface area (TPSA) is 46.0 Å². The zero-order chi connectivity index (χ0) is 7.82. The van der Waals surface area contributed by atoms with Gasteiger partial charge in [0.15, 0.2) is 0 Å². The highest BCUT2D eigenvalue weighted by molar-refractivity contribution is 5.02. The van der Waals surface area contributed by atoms with E-state index in [2.05, 4.69) is 10.2 Å². The summed E-state index contributed by atoms with van der Waals surface area (Å²) in [4.78, 5) is 0. The summed E-state index contributed by atoms with van der Waals surface area (Å²) in [6.45, 7) is 4.04. The molecule has 0 aliphatic heterocycles. The number of hydrogen-bond donors (Lipinski definition) is 1. The summed E-state index contributed by atoms with van der Waals surface area (Å²) >= 11 is 0. The number of hydrogen-bond acceptors (Lipinski definition) is 3. The summed E-state index contributed by atoms with van der Waals surface area (Å²) in [6, 6.07) is 1.72. The monoisotopic (exact) mass is 140 g/mol. The molecule has 56 valence electrons. The summed E-state index contributed by atoms with van der Waals surface area (Å²) in [6.07, 6.45) is 3.07. The fourth-order valence-corrected chi connectivity index (χ4v) is 0.412. The van der Waals surface area contributed by atoms with Crippen molar-refractivity contribution in [2.75, 3.05) is 0 Å². The fraction of sp³-hybridized carbons (Fsp3) is 0.429. The largest absolute Gasteiger partial charge is 0.392 e. The van der Waals surface area contributed by atoms with Crippen molar-refractivity contribution in [3.05, 3.63) is 24.0 Å². The van der Waals surface area contributed by atoms with Gasteiger partial charge in [-0.1, -0.05) is 13.8 Å². The first-order valence-corrected chi connectivity index (χ1v) is 3.30. The number of nitrogens with zero attached hydrogens (tertiary/aromatic N) is 2. The predicted octanol–water partition coefficient (Wildman–Crippen LogP) is 0.995. The lowest BCUT2D eigenvalue weighted by atomic mass is 10.3. The van der Waals surface area contributed by atoms with Crippen LogP contribution in [0.1, 0.15) is 19.4 Å². The molecular formula is C7H12N2O. The van der Waals surface area contributed by atoms with E-state index in [9.17, 15) is 0 Å². The van der Waals surface area contributed by atoms with Crippen LogP contribution in [-0.4, -0.2) is 15.3 Å². The molecule has 3 nitrogen and oxygen atoms in total. The van der Waals surface area contributed by atoms with Crippen LogP contribution in [0, 0.1) is 0 Å². The first kappa shape index (κ1) is 9.04. The first-order chi connectivity index (χ1) is 4.93. The van der Waals surface area contributed by atoms with Gasteiger partial charge in [-0.15, -0.1) is 0 Å². The Kier molecular flexibility index (Phi) is 5.57. The highest BCUT2D eigenvalue weighted by atomic mass is 16.3. The predicted molar refractivity (Wildman–Crippen MR) is 39.3 cm³/mol. The van der Waals surface area contributed by atoms with Crippen LogP contribution in [-0.2, 0) is 6.61 Å². The van der Waals surface area contributed by atoms with Gasteiger partial charge in [0.05, 0.1) is 12.8 Å². The SMILES string of the molecule is CC.OCc1ccnnc1. The summed E-state index contributed by atoms with van der Waals surface area (Å²) in [5, 5.41) is 15.5. The van der Waals surface area contributed by atoms with Crippen molar-refractivity contribution in [2.24, 2.45) is 0 Å². The van der Waals surface area contributed by atoms with E-state index in [0.717, 1.165) is 5.56 Å². The number of aliphatic hydroxyl groups excluding tert-OH is 1. The van der Waals surface area contributed by atoms with Gasteiger partial charge in [-0.3, -0.25) is 0 Å². The van der Waals surface area contributed by atoms with Gasteiger partial charge in [-0.05, 0) is 11.6 Å². The minimum absolute atomic E-state index is 0.0372. The second-order valence-corrected chi connectivity index (χ2v) is 1.41. The molecule has 1 rings (SSSR count). The molecule has 1 N–H and O–H groups in total.